The van der Waals surface area contributed by atoms with Crippen molar-refractivity contribution in [2.75, 3.05) is 18.4 Å². The quantitative estimate of drug-likeness (QED) is 0.293. The number of anilines is 1. The van der Waals surface area contributed by atoms with Gasteiger partial charge in [0, 0.05) is 50.8 Å². The second-order valence-electron chi connectivity index (χ2n) is 7.98. The summed E-state index contributed by atoms with van der Waals surface area (Å²) in [5.41, 5.74) is -2.92. The maximum absolute atomic E-state index is 13.0. The average Bonchev–Trinajstić information content (AvgIpc) is 2.73. The highest BCUT2D eigenvalue weighted by atomic mass is 127. The lowest BCUT2D eigenvalue weighted by Crippen LogP contribution is -2.41. The number of rotatable bonds is 5. The first-order valence-electron chi connectivity index (χ1n) is 10.1. The molecular formula is C21H24F3IN2O4S2. The predicted octanol–water partition coefficient (Wildman–Crippen LogP) is 4.59. The van der Waals surface area contributed by atoms with Gasteiger partial charge in [0.25, 0.3) is 0 Å². The zero-order chi connectivity index (χ0) is 24.6. The first kappa shape index (κ1) is 26.1. The minimum absolute atomic E-state index is 0.191. The molecule has 12 heteroatoms. The van der Waals surface area contributed by atoms with E-state index in [1.807, 2.05) is 13.0 Å². The number of halogens is 4. The van der Waals surface area contributed by atoms with E-state index in [0.29, 0.717) is 18.4 Å². The van der Waals surface area contributed by atoms with E-state index in [-0.39, 0.29) is 34.5 Å². The monoisotopic (exact) mass is 616 g/mol. The molecule has 0 radical (unpaired) electrons. The molecule has 182 valence electrons. The maximum atomic E-state index is 13.0. The van der Waals surface area contributed by atoms with E-state index in [2.05, 4.69) is 5.32 Å². The number of amides is 1. The summed E-state index contributed by atoms with van der Waals surface area (Å²) in [6.07, 6.45) is 0.649. The molecule has 2 aromatic rings. The molecule has 1 N–H and O–H groups in total. The van der Waals surface area contributed by atoms with Crippen LogP contribution in [0.4, 0.5) is 18.9 Å². The van der Waals surface area contributed by atoms with Crippen molar-refractivity contribution in [2.45, 2.75) is 42.0 Å². The van der Waals surface area contributed by atoms with Crippen LogP contribution in [-0.4, -0.2) is 41.4 Å². The first-order valence-corrected chi connectivity index (χ1v) is 16.0. The van der Waals surface area contributed by atoms with Gasteiger partial charge in [0.2, 0.25) is 15.9 Å². The molecule has 1 fully saturated rings. The topological polar surface area (TPSA) is 83.6 Å². The number of nitrogens with zero attached hydrogens (tertiary/aromatic N) is 1. The number of benzene rings is 2. The number of nitrogens with one attached hydrogen (secondary N) is 1. The fourth-order valence-corrected chi connectivity index (χ4v) is 7.18. The molecule has 0 atom stereocenters. The second-order valence-corrected chi connectivity index (χ2v) is 16.1. The van der Waals surface area contributed by atoms with Crippen molar-refractivity contribution in [3.63, 3.8) is 0 Å². The molecule has 1 aliphatic heterocycles. The Hall–Kier alpha value is -1.51. The minimum Gasteiger partial charge on any atom is -0.326 e. The van der Waals surface area contributed by atoms with Crippen LogP contribution in [0, 0.1) is 19.8 Å². The number of hydrogen-bond acceptors (Lipinski definition) is 4. The fraction of sp³-hybridized carbons (Fsp3) is 0.381. The van der Waals surface area contributed by atoms with E-state index >= 15 is 0 Å². The normalized spacial score (nSPS) is 17.0. The standard InChI is InChI=1S/C21H24F3IN2O4S2/c1-14-3-8-19(15(2)13-14)33(30,31)27-11-9-16(10-12-27)20(28)26-17-4-6-18(7-5-17)32(25,29)21(22,23)24/h3-8,13,16,32H,9-12H2,1-2H3,(H,26,28). The van der Waals surface area contributed by atoms with Crippen molar-refractivity contribution >= 4 is 49.9 Å². The van der Waals surface area contributed by atoms with Gasteiger partial charge in [-0.3, -0.25) is 9.00 Å². The lowest BCUT2D eigenvalue weighted by atomic mass is 9.97. The Morgan fingerprint density at radius 2 is 1.67 bits per heavy atom. The van der Waals surface area contributed by atoms with Crippen molar-refractivity contribution in [1.82, 2.24) is 4.31 Å². The van der Waals surface area contributed by atoms with Crippen molar-refractivity contribution in [1.29, 1.82) is 0 Å². The third-order valence-corrected chi connectivity index (χ3v) is 12.6. The van der Waals surface area contributed by atoms with Crippen molar-refractivity contribution < 1.29 is 30.6 Å². The van der Waals surface area contributed by atoms with Crippen LogP contribution in [0.5, 0.6) is 0 Å². The number of thiol groups is 1. The van der Waals surface area contributed by atoms with Gasteiger partial charge in [0.05, 0.1) is 12.0 Å². The lowest BCUT2D eigenvalue weighted by Gasteiger charge is -2.31. The Morgan fingerprint density at radius 3 is 2.18 bits per heavy atom. The van der Waals surface area contributed by atoms with Crippen LogP contribution in [0.3, 0.4) is 0 Å². The van der Waals surface area contributed by atoms with Crippen LogP contribution in [-0.2, 0) is 21.9 Å². The maximum Gasteiger partial charge on any atom is 0.460 e. The number of carbonyl (C=O) groups excluding carboxylic acids is 1. The van der Waals surface area contributed by atoms with E-state index in [1.54, 1.807) is 19.1 Å². The Balaban J connectivity index is 1.62. The van der Waals surface area contributed by atoms with Crippen LogP contribution in [0.25, 0.3) is 0 Å². The summed E-state index contributed by atoms with van der Waals surface area (Å²) < 4.78 is 78.2. The Morgan fingerprint density at radius 1 is 1.09 bits per heavy atom. The first-order chi connectivity index (χ1) is 15.2. The Bertz CT molecular complexity index is 1190. The van der Waals surface area contributed by atoms with E-state index in [4.69, 9.17) is 0 Å². The van der Waals surface area contributed by atoms with Crippen LogP contribution >= 0.6 is 21.2 Å². The molecule has 0 saturated carbocycles. The predicted molar refractivity (Wildman–Crippen MR) is 130 cm³/mol. The molecule has 1 amide bonds. The number of alkyl halides is 3. The zero-order valence-corrected chi connectivity index (χ0v) is 21.8. The summed E-state index contributed by atoms with van der Waals surface area (Å²) >= 11 is 0.926. The van der Waals surface area contributed by atoms with Crippen molar-refractivity contribution in [2.24, 2.45) is 5.92 Å². The molecule has 1 saturated heterocycles. The highest BCUT2D eigenvalue weighted by molar-refractivity contribution is 14.2. The van der Waals surface area contributed by atoms with Crippen LogP contribution in [0.2, 0.25) is 0 Å². The van der Waals surface area contributed by atoms with Gasteiger partial charge in [-0.2, -0.15) is 17.5 Å². The largest absolute Gasteiger partial charge is 0.460 e. The fourth-order valence-electron chi connectivity index (χ4n) is 3.71. The minimum atomic E-state index is -4.84. The lowest BCUT2D eigenvalue weighted by molar-refractivity contribution is -0.120. The number of hydrogen-bond donors (Lipinski definition) is 2. The highest BCUT2D eigenvalue weighted by Gasteiger charge is 2.44. The summed E-state index contributed by atoms with van der Waals surface area (Å²) in [5.74, 6) is -0.763. The summed E-state index contributed by atoms with van der Waals surface area (Å²) in [5, 5.41) is 2.65. The Kier molecular flexibility index (Phi) is 7.61. The highest BCUT2D eigenvalue weighted by Crippen LogP contribution is 2.42. The number of piperidine rings is 1. The number of sulfonamides is 1. The number of aryl methyl sites for hydroxylation is 2. The Labute approximate surface area is 204 Å². The second kappa shape index (κ2) is 9.62. The summed E-state index contributed by atoms with van der Waals surface area (Å²) in [6, 6.07) is 9.90. The van der Waals surface area contributed by atoms with Gasteiger partial charge in [-0.05, 0) is 62.6 Å². The molecule has 6 nitrogen and oxygen atoms in total. The third kappa shape index (κ3) is 5.60. The van der Waals surface area contributed by atoms with Crippen molar-refractivity contribution in [3.05, 3.63) is 53.6 Å². The van der Waals surface area contributed by atoms with Crippen molar-refractivity contribution in [3.8, 4) is 0 Å². The van der Waals surface area contributed by atoms with Gasteiger partial charge in [-0.15, -0.1) is 0 Å². The van der Waals surface area contributed by atoms with Gasteiger partial charge >= 0.3 is 5.51 Å². The molecule has 0 aliphatic carbocycles. The van der Waals surface area contributed by atoms with Crippen LogP contribution in [0.1, 0.15) is 24.0 Å². The van der Waals surface area contributed by atoms with E-state index < -0.39 is 28.6 Å². The molecule has 0 aromatic heterocycles. The van der Waals surface area contributed by atoms with Gasteiger partial charge < -0.3 is 5.32 Å². The summed E-state index contributed by atoms with van der Waals surface area (Å²) in [4.78, 5) is 12.5. The molecule has 2 aromatic carbocycles. The van der Waals surface area contributed by atoms with E-state index in [1.165, 1.54) is 16.4 Å². The third-order valence-electron chi connectivity index (χ3n) is 5.57. The molecule has 0 unspecified atom stereocenters. The van der Waals surface area contributed by atoms with Gasteiger partial charge in [-0.25, -0.2) is 8.42 Å². The molecule has 33 heavy (non-hydrogen) atoms. The van der Waals surface area contributed by atoms with Gasteiger partial charge in [0.1, 0.15) is 0 Å². The van der Waals surface area contributed by atoms with Crippen LogP contribution in [0.15, 0.2) is 52.3 Å². The molecule has 1 aliphatic rings. The summed E-state index contributed by atoms with van der Waals surface area (Å²) in [7, 11) is -8.23. The smallest absolute Gasteiger partial charge is 0.326 e. The molecular weight excluding hydrogens is 592 g/mol. The summed E-state index contributed by atoms with van der Waals surface area (Å²) in [6.45, 7) is 4.02. The van der Waals surface area contributed by atoms with E-state index in [9.17, 15) is 30.6 Å². The van der Waals surface area contributed by atoms with Gasteiger partial charge in [0.15, 0.2) is 0 Å². The molecule has 3 rings (SSSR count). The van der Waals surface area contributed by atoms with Crippen LogP contribution < -0.4 is 5.32 Å². The molecule has 0 spiro atoms. The number of carbonyl (C=O) groups is 1. The average molecular weight is 616 g/mol. The van der Waals surface area contributed by atoms with E-state index in [0.717, 1.165) is 38.9 Å². The SMILES string of the molecule is Cc1ccc(S(=O)(=O)N2CCC(C(=O)Nc3ccc([SH](=O)(I)C(F)(F)F)cc3)CC2)c(C)c1. The molecule has 1 heterocycles. The van der Waals surface area contributed by atoms with Gasteiger partial charge in [-0.1, -0.05) is 17.7 Å². The molecule has 0 bridgehead atoms. The zero-order valence-electron chi connectivity index (χ0n) is 17.9.